The number of nitrogens with two attached hydrogens (primary N) is 1. The molecule has 0 saturated heterocycles. The van der Waals surface area contributed by atoms with E-state index in [-0.39, 0.29) is 6.04 Å². The van der Waals surface area contributed by atoms with E-state index in [1.54, 1.807) is 0 Å². The second kappa shape index (κ2) is 3.66. The predicted molar refractivity (Wildman–Crippen MR) is 57.6 cm³/mol. The summed E-state index contributed by atoms with van der Waals surface area (Å²) in [5.74, 6) is -1.21. The fraction of sp³-hybridized carbons (Fsp3) is 0.417. The van der Waals surface area contributed by atoms with Gasteiger partial charge < -0.3 is 10.8 Å². The van der Waals surface area contributed by atoms with Gasteiger partial charge in [0.05, 0.1) is 5.92 Å². The lowest BCUT2D eigenvalue weighted by molar-refractivity contribution is -0.143. The van der Waals surface area contributed by atoms with Crippen molar-refractivity contribution in [2.24, 2.45) is 11.7 Å². The Kier molecular flexibility index (Phi) is 2.49. The van der Waals surface area contributed by atoms with Gasteiger partial charge in [-0.15, -0.1) is 0 Å². The lowest BCUT2D eigenvalue weighted by Gasteiger charge is -2.28. The minimum atomic E-state index is -0.784. The third-order valence-corrected chi connectivity index (χ3v) is 3.13. The van der Waals surface area contributed by atoms with Gasteiger partial charge in [-0.05, 0) is 30.9 Å². The third kappa shape index (κ3) is 1.75. The molecular weight excluding hydrogens is 190 g/mol. The molecule has 1 aliphatic rings. The third-order valence-electron chi connectivity index (χ3n) is 3.13. The Morgan fingerprint density at radius 1 is 1.53 bits per heavy atom. The lowest BCUT2D eigenvalue weighted by atomic mass is 9.80. The molecule has 3 nitrogen and oxygen atoms in total. The second-order valence-electron chi connectivity index (χ2n) is 4.21. The summed E-state index contributed by atoms with van der Waals surface area (Å²) in [7, 11) is 0. The molecule has 0 heterocycles. The number of hydrogen-bond donors (Lipinski definition) is 2. The van der Waals surface area contributed by atoms with E-state index in [4.69, 9.17) is 10.8 Å². The fourth-order valence-corrected chi connectivity index (χ4v) is 2.26. The Labute approximate surface area is 88.9 Å². The van der Waals surface area contributed by atoms with Crippen molar-refractivity contribution in [1.82, 2.24) is 0 Å². The molecule has 80 valence electrons. The summed E-state index contributed by atoms with van der Waals surface area (Å²) < 4.78 is 0. The normalized spacial score (nSPS) is 24.7. The highest BCUT2D eigenvalue weighted by molar-refractivity contribution is 5.72. The van der Waals surface area contributed by atoms with Gasteiger partial charge >= 0.3 is 5.97 Å². The molecule has 0 saturated carbocycles. The summed E-state index contributed by atoms with van der Waals surface area (Å²) in [6, 6.07) is 5.70. The van der Waals surface area contributed by atoms with Crippen LogP contribution in [0.25, 0.3) is 0 Å². The van der Waals surface area contributed by atoms with Crippen LogP contribution < -0.4 is 5.73 Å². The molecule has 0 amide bonds. The van der Waals surface area contributed by atoms with Gasteiger partial charge in [0.25, 0.3) is 0 Å². The molecule has 0 aliphatic heterocycles. The van der Waals surface area contributed by atoms with E-state index in [1.165, 1.54) is 11.1 Å². The van der Waals surface area contributed by atoms with Gasteiger partial charge in [0.15, 0.2) is 0 Å². The number of carboxylic acid groups (broad SMARTS) is 1. The maximum Gasteiger partial charge on any atom is 0.308 e. The van der Waals surface area contributed by atoms with Crippen molar-refractivity contribution >= 4 is 5.97 Å². The predicted octanol–water partition coefficient (Wildman–Crippen LogP) is 1.64. The summed E-state index contributed by atoms with van der Waals surface area (Å²) in [5.41, 5.74) is 9.37. The Bertz CT molecular complexity index is 401. The minimum absolute atomic E-state index is 0.355. The van der Waals surface area contributed by atoms with Gasteiger partial charge in [-0.1, -0.05) is 23.8 Å². The minimum Gasteiger partial charge on any atom is -0.481 e. The van der Waals surface area contributed by atoms with Crippen LogP contribution in [0, 0.1) is 12.8 Å². The Hall–Kier alpha value is -1.35. The highest BCUT2D eigenvalue weighted by Gasteiger charge is 2.31. The van der Waals surface area contributed by atoms with Crippen LogP contribution in [0.4, 0.5) is 0 Å². The first-order chi connectivity index (χ1) is 7.09. The summed E-state index contributed by atoms with van der Waals surface area (Å²) in [6.07, 6.45) is 1.47. The van der Waals surface area contributed by atoms with Crippen molar-refractivity contribution in [2.45, 2.75) is 25.8 Å². The van der Waals surface area contributed by atoms with Crippen LogP contribution in [0.1, 0.15) is 29.2 Å². The van der Waals surface area contributed by atoms with E-state index in [2.05, 4.69) is 6.07 Å². The first-order valence-electron chi connectivity index (χ1n) is 5.17. The quantitative estimate of drug-likeness (QED) is 0.732. The molecule has 3 N–H and O–H groups in total. The molecule has 1 aromatic carbocycles. The van der Waals surface area contributed by atoms with Crippen LogP contribution in [-0.4, -0.2) is 11.1 Å². The highest BCUT2D eigenvalue weighted by atomic mass is 16.4. The smallest absolute Gasteiger partial charge is 0.308 e. The number of aliphatic carboxylic acids is 1. The van der Waals surface area contributed by atoms with Crippen molar-refractivity contribution in [3.8, 4) is 0 Å². The van der Waals surface area contributed by atoms with E-state index < -0.39 is 11.9 Å². The summed E-state index contributed by atoms with van der Waals surface area (Å²) in [6.45, 7) is 2.04. The van der Waals surface area contributed by atoms with E-state index in [9.17, 15) is 4.79 Å². The van der Waals surface area contributed by atoms with Crippen molar-refractivity contribution in [3.05, 3.63) is 34.9 Å². The van der Waals surface area contributed by atoms with E-state index in [0.29, 0.717) is 6.42 Å². The van der Waals surface area contributed by atoms with Crippen molar-refractivity contribution < 1.29 is 9.90 Å². The van der Waals surface area contributed by atoms with Gasteiger partial charge in [0, 0.05) is 6.04 Å². The van der Waals surface area contributed by atoms with Crippen LogP contribution in [0.2, 0.25) is 0 Å². The number of aryl methyl sites for hydroxylation is 2. The number of benzene rings is 1. The van der Waals surface area contributed by atoms with E-state index in [0.717, 1.165) is 12.0 Å². The SMILES string of the molecule is Cc1ccc2c(c1)CCC(C(=O)O)C2N. The number of hydrogen-bond acceptors (Lipinski definition) is 2. The summed E-state index contributed by atoms with van der Waals surface area (Å²) in [5, 5.41) is 9.01. The van der Waals surface area contributed by atoms with Gasteiger partial charge in [-0.2, -0.15) is 0 Å². The maximum atomic E-state index is 11.0. The lowest BCUT2D eigenvalue weighted by Crippen LogP contribution is -2.32. The average Bonchev–Trinajstić information content (AvgIpc) is 2.17. The van der Waals surface area contributed by atoms with Crippen molar-refractivity contribution in [2.75, 3.05) is 0 Å². The van der Waals surface area contributed by atoms with E-state index in [1.807, 2.05) is 19.1 Å². The molecule has 2 unspecified atom stereocenters. The molecule has 2 atom stereocenters. The van der Waals surface area contributed by atoms with Gasteiger partial charge in [-0.3, -0.25) is 4.79 Å². The zero-order valence-electron chi connectivity index (χ0n) is 8.73. The van der Waals surface area contributed by atoms with Crippen LogP contribution >= 0.6 is 0 Å². The largest absolute Gasteiger partial charge is 0.481 e. The van der Waals surface area contributed by atoms with E-state index >= 15 is 0 Å². The second-order valence-corrected chi connectivity index (χ2v) is 4.21. The van der Waals surface area contributed by atoms with Crippen LogP contribution in [0.15, 0.2) is 18.2 Å². The molecule has 2 rings (SSSR count). The Morgan fingerprint density at radius 3 is 2.93 bits per heavy atom. The monoisotopic (exact) mass is 205 g/mol. The molecule has 1 aliphatic carbocycles. The molecule has 1 aromatic rings. The van der Waals surface area contributed by atoms with Crippen LogP contribution in [0.5, 0.6) is 0 Å². The van der Waals surface area contributed by atoms with Crippen molar-refractivity contribution in [3.63, 3.8) is 0 Å². The van der Waals surface area contributed by atoms with Crippen molar-refractivity contribution in [1.29, 1.82) is 0 Å². The standard InChI is InChI=1S/C12H15NO2/c1-7-2-4-9-8(6-7)3-5-10(11(9)13)12(14)15/h2,4,6,10-11H,3,5,13H2,1H3,(H,14,15). The molecule has 0 aromatic heterocycles. The van der Waals surface area contributed by atoms with Gasteiger partial charge in [-0.25, -0.2) is 0 Å². The Morgan fingerprint density at radius 2 is 2.27 bits per heavy atom. The van der Waals surface area contributed by atoms with Crippen LogP contribution in [-0.2, 0) is 11.2 Å². The number of carboxylic acids is 1. The first-order valence-corrected chi connectivity index (χ1v) is 5.17. The molecular formula is C12H15NO2. The van der Waals surface area contributed by atoms with Gasteiger partial charge in [0.2, 0.25) is 0 Å². The number of rotatable bonds is 1. The average molecular weight is 205 g/mol. The number of fused-ring (bicyclic) bond motifs is 1. The molecule has 0 fully saturated rings. The Balaban J connectivity index is 2.38. The molecule has 0 spiro atoms. The number of carbonyl (C=O) groups is 1. The molecule has 0 bridgehead atoms. The fourth-order valence-electron chi connectivity index (χ4n) is 2.26. The van der Waals surface area contributed by atoms with Gasteiger partial charge in [0.1, 0.15) is 0 Å². The highest BCUT2D eigenvalue weighted by Crippen LogP contribution is 2.33. The zero-order chi connectivity index (χ0) is 11.0. The maximum absolute atomic E-state index is 11.0. The molecule has 3 heteroatoms. The first kappa shape index (κ1) is 10.2. The molecule has 15 heavy (non-hydrogen) atoms. The summed E-state index contributed by atoms with van der Waals surface area (Å²) >= 11 is 0. The zero-order valence-corrected chi connectivity index (χ0v) is 8.73. The topological polar surface area (TPSA) is 63.3 Å². The molecule has 0 radical (unpaired) electrons. The van der Waals surface area contributed by atoms with Crippen LogP contribution in [0.3, 0.4) is 0 Å². The summed E-state index contributed by atoms with van der Waals surface area (Å²) in [4.78, 5) is 11.0.